The van der Waals surface area contributed by atoms with Crippen molar-refractivity contribution in [1.82, 2.24) is 14.5 Å². The van der Waals surface area contributed by atoms with Crippen molar-refractivity contribution in [2.75, 3.05) is 13.1 Å². The lowest BCUT2D eigenvalue weighted by molar-refractivity contribution is -0.144. The molecule has 4 heterocycles. The molecule has 140 valence electrons. The van der Waals surface area contributed by atoms with E-state index in [-0.39, 0.29) is 36.3 Å². The van der Waals surface area contributed by atoms with Gasteiger partial charge in [0.1, 0.15) is 17.4 Å². The van der Waals surface area contributed by atoms with Crippen molar-refractivity contribution in [1.29, 1.82) is 0 Å². The van der Waals surface area contributed by atoms with Crippen molar-refractivity contribution in [2.45, 2.75) is 19.1 Å². The molecule has 1 amide bonds. The van der Waals surface area contributed by atoms with Crippen LogP contribution >= 0.6 is 34.5 Å². The van der Waals surface area contributed by atoms with Crippen LogP contribution in [0.1, 0.15) is 6.92 Å². The van der Waals surface area contributed by atoms with E-state index in [9.17, 15) is 14.0 Å². The number of carbonyl (C=O) groups is 1. The highest BCUT2D eigenvalue weighted by molar-refractivity contribution is 7.17. The Bertz CT molecular complexity index is 1120. The first-order valence-corrected chi connectivity index (χ1v) is 9.77. The van der Waals surface area contributed by atoms with Gasteiger partial charge in [-0.05, 0) is 19.1 Å². The first-order chi connectivity index (χ1) is 12.7. The topological polar surface area (TPSA) is 55.2 Å². The highest BCUT2D eigenvalue weighted by Crippen LogP contribution is 2.34. The van der Waals surface area contributed by atoms with Gasteiger partial charge in [0.15, 0.2) is 0 Å². The molecule has 5 nitrogen and oxygen atoms in total. The van der Waals surface area contributed by atoms with Crippen LogP contribution in [-0.2, 0) is 11.3 Å². The van der Waals surface area contributed by atoms with Gasteiger partial charge < -0.3 is 9.47 Å². The van der Waals surface area contributed by atoms with Crippen LogP contribution in [-0.4, -0.2) is 39.1 Å². The average Bonchev–Trinajstić information content (AvgIpc) is 3.02. The molecule has 0 aliphatic carbocycles. The molecule has 0 bridgehead atoms. The van der Waals surface area contributed by atoms with Gasteiger partial charge in [-0.3, -0.25) is 9.59 Å². The van der Waals surface area contributed by atoms with Gasteiger partial charge in [0.05, 0.1) is 23.5 Å². The van der Waals surface area contributed by atoms with E-state index >= 15 is 0 Å². The number of thiophene rings is 1. The molecule has 4 rings (SSSR count). The summed E-state index contributed by atoms with van der Waals surface area (Å²) in [6.45, 7) is 1.45. The minimum Gasteiger partial charge on any atom is -0.335 e. The fraction of sp³-hybridized carbons (Fsp3) is 0.278. The lowest BCUT2D eigenvalue weighted by Gasteiger charge is -2.42. The molecule has 0 radical (unpaired) electrons. The van der Waals surface area contributed by atoms with Crippen molar-refractivity contribution >= 4 is 50.5 Å². The largest absolute Gasteiger partial charge is 0.335 e. The lowest BCUT2D eigenvalue weighted by atomic mass is 9.99. The van der Waals surface area contributed by atoms with Crippen LogP contribution in [0.4, 0.5) is 4.39 Å². The molecule has 1 aliphatic rings. The van der Waals surface area contributed by atoms with Gasteiger partial charge in [0.2, 0.25) is 5.91 Å². The number of hydrogen-bond acceptors (Lipinski definition) is 4. The molecule has 1 aliphatic heterocycles. The standard InChI is InChI=1S/C18H14Cl2FN3O2S/c1-18(21)8-24(9-18)14(25)6-23-3-2-13-15(17(23)26)11(7-27-13)10-4-12(19)16(20)22-5-10/h2-5,7H,6,8-9H2,1H3. The molecule has 1 fully saturated rings. The summed E-state index contributed by atoms with van der Waals surface area (Å²) >= 11 is 13.3. The third kappa shape index (κ3) is 3.35. The van der Waals surface area contributed by atoms with E-state index in [4.69, 9.17) is 23.2 Å². The molecule has 0 N–H and O–H groups in total. The Morgan fingerprint density at radius 1 is 1.41 bits per heavy atom. The summed E-state index contributed by atoms with van der Waals surface area (Å²) in [5.74, 6) is -0.278. The van der Waals surface area contributed by atoms with Gasteiger partial charge in [0, 0.05) is 33.6 Å². The highest BCUT2D eigenvalue weighted by Gasteiger charge is 2.41. The number of rotatable bonds is 3. The van der Waals surface area contributed by atoms with E-state index in [0.29, 0.717) is 21.5 Å². The Morgan fingerprint density at radius 3 is 2.81 bits per heavy atom. The van der Waals surface area contributed by atoms with E-state index in [1.54, 1.807) is 24.5 Å². The first kappa shape index (κ1) is 18.4. The second-order valence-corrected chi connectivity index (χ2v) is 8.47. The molecule has 0 atom stereocenters. The van der Waals surface area contributed by atoms with Crippen molar-refractivity contribution in [3.63, 3.8) is 0 Å². The maximum Gasteiger partial charge on any atom is 0.260 e. The van der Waals surface area contributed by atoms with E-state index in [1.165, 1.54) is 27.7 Å². The summed E-state index contributed by atoms with van der Waals surface area (Å²) in [5.41, 5.74) is -0.265. The zero-order chi connectivity index (χ0) is 19.3. The number of alkyl halides is 1. The molecular weight excluding hydrogens is 412 g/mol. The van der Waals surface area contributed by atoms with Gasteiger partial charge in [-0.25, -0.2) is 9.37 Å². The molecule has 0 saturated carbocycles. The maximum atomic E-state index is 13.6. The minimum atomic E-state index is -1.34. The number of amides is 1. The number of aromatic nitrogens is 2. The summed E-state index contributed by atoms with van der Waals surface area (Å²) in [5, 5.41) is 2.84. The summed E-state index contributed by atoms with van der Waals surface area (Å²) in [6, 6.07) is 3.45. The third-order valence-electron chi connectivity index (χ3n) is 4.51. The number of pyridine rings is 2. The van der Waals surface area contributed by atoms with Crippen molar-refractivity contribution in [2.24, 2.45) is 0 Å². The quantitative estimate of drug-likeness (QED) is 0.595. The minimum absolute atomic E-state index is 0.0570. The Hall–Kier alpha value is -1.96. The van der Waals surface area contributed by atoms with E-state index in [2.05, 4.69) is 4.98 Å². The maximum absolute atomic E-state index is 13.6. The van der Waals surface area contributed by atoms with Crippen LogP contribution in [0.15, 0.2) is 34.7 Å². The molecule has 3 aromatic rings. The number of fused-ring (bicyclic) bond motifs is 1. The van der Waals surface area contributed by atoms with E-state index in [0.717, 1.165) is 4.70 Å². The van der Waals surface area contributed by atoms with Crippen molar-refractivity contribution in [3.8, 4) is 11.1 Å². The molecule has 9 heteroatoms. The zero-order valence-corrected chi connectivity index (χ0v) is 16.5. The van der Waals surface area contributed by atoms with Gasteiger partial charge in [-0.15, -0.1) is 11.3 Å². The number of carbonyl (C=O) groups excluding carboxylic acids is 1. The monoisotopic (exact) mass is 425 g/mol. The summed E-state index contributed by atoms with van der Waals surface area (Å²) in [7, 11) is 0. The number of nitrogens with zero attached hydrogens (tertiary/aromatic N) is 3. The normalized spacial score (nSPS) is 15.8. The summed E-state index contributed by atoms with van der Waals surface area (Å²) < 4.78 is 15.8. The van der Waals surface area contributed by atoms with Gasteiger partial charge >= 0.3 is 0 Å². The van der Waals surface area contributed by atoms with Crippen LogP contribution in [0.25, 0.3) is 21.2 Å². The van der Waals surface area contributed by atoms with Crippen LogP contribution < -0.4 is 5.56 Å². The molecule has 3 aromatic heterocycles. The summed E-state index contributed by atoms with van der Waals surface area (Å²) in [6.07, 6.45) is 3.14. The predicted molar refractivity (Wildman–Crippen MR) is 105 cm³/mol. The van der Waals surface area contributed by atoms with Crippen LogP contribution in [0.2, 0.25) is 10.2 Å². The first-order valence-electron chi connectivity index (χ1n) is 8.14. The average molecular weight is 426 g/mol. The Kier molecular flexibility index (Phi) is 4.49. The lowest BCUT2D eigenvalue weighted by Crippen LogP contribution is -2.60. The molecular formula is C18H14Cl2FN3O2S. The fourth-order valence-corrected chi connectivity index (χ4v) is 4.39. The smallest absolute Gasteiger partial charge is 0.260 e. The number of hydrogen-bond donors (Lipinski definition) is 0. The van der Waals surface area contributed by atoms with Crippen molar-refractivity contribution in [3.05, 3.63) is 50.4 Å². The van der Waals surface area contributed by atoms with E-state index < -0.39 is 5.67 Å². The van der Waals surface area contributed by atoms with E-state index in [1.807, 2.05) is 5.38 Å². The van der Waals surface area contributed by atoms with Crippen LogP contribution in [0.3, 0.4) is 0 Å². The second-order valence-electron chi connectivity index (χ2n) is 6.80. The van der Waals surface area contributed by atoms with Gasteiger partial charge in [0.25, 0.3) is 5.56 Å². The highest BCUT2D eigenvalue weighted by atomic mass is 35.5. The fourth-order valence-electron chi connectivity index (χ4n) is 3.16. The predicted octanol–water partition coefficient (Wildman–Crippen LogP) is 4.00. The SMILES string of the molecule is CC1(F)CN(C(=O)Cn2ccc3scc(-c4cnc(Cl)c(Cl)c4)c3c2=O)C1. The zero-order valence-electron chi connectivity index (χ0n) is 14.2. The molecule has 1 saturated heterocycles. The van der Waals surface area contributed by atoms with Crippen LogP contribution in [0, 0.1) is 0 Å². The van der Waals surface area contributed by atoms with Crippen molar-refractivity contribution < 1.29 is 9.18 Å². The number of likely N-dealkylation sites (tertiary alicyclic amines) is 1. The van der Waals surface area contributed by atoms with Crippen LogP contribution in [0.5, 0.6) is 0 Å². The third-order valence-corrected chi connectivity index (χ3v) is 6.14. The molecule has 0 aromatic carbocycles. The molecule has 0 spiro atoms. The number of halogens is 3. The second kappa shape index (κ2) is 6.58. The Labute approximate surface area is 167 Å². The van der Waals surface area contributed by atoms with Gasteiger partial charge in [-0.2, -0.15) is 0 Å². The van der Waals surface area contributed by atoms with Gasteiger partial charge in [-0.1, -0.05) is 23.2 Å². The Morgan fingerprint density at radius 2 is 2.15 bits per heavy atom. The Balaban J connectivity index is 1.70. The molecule has 27 heavy (non-hydrogen) atoms. The molecule has 0 unspecified atom stereocenters. The summed E-state index contributed by atoms with van der Waals surface area (Å²) in [4.78, 5) is 30.7.